The lowest BCUT2D eigenvalue weighted by atomic mass is 10.0. The largest absolute Gasteiger partial charge is 0.357 e. The lowest BCUT2D eigenvalue weighted by Gasteiger charge is -2.25. The SMILES string of the molecule is CC(C)C(CN(C)C)Nc1nc2ccc(F)cc2s1. The molecule has 104 valence electrons. The van der Waals surface area contributed by atoms with Crippen LogP contribution >= 0.6 is 11.3 Å². The van der Waals surface area contributed by atoms with Crippen LogP contribution in [0.25, 0.3) is 10.2 Å². The van der Waals surface area contributed by atoms with E-state index in [1.54, 1.807) is 6.07 Å². The van der Waals surface area contributed by atoms with Gasteiger partial charge in [-0.15, -0.1) is 0 Å². The summed E-state index contributed by atoms with van der Waals surface area (Å²) >= 11 is 1.50. The molecule has 2 rings (SSSR count). The predicted molar refractivity (Wildman–Crippen MR) is 80.4 cm³/mol. The number of anilines is 1. The van der Waals surface area contributed by atoms with Gasteiger partial charge >= 0.3 is 0 Å². The molecular weight excluding hydrogens is 261 g/mol. The van der Waals surface area contributed by atoms with Crippen LogP contribution in [-0.2, 0) is 0 Å². The van der Waals surface area contributed by atoms with Gasteiger partial charge in [0.05, 0.1) is 10.2 Å². The third-order valence-corrected chi connectivity index (χ3v) is 3.98. The van der Waals surface area contributed by atoms with Crippen LogP contribution < -0.4 is 5.32 Å². The summed E-state index contributed by atoms with van der Waals surface area (Å²) in [6.45, 7) is 5.32. The molecule has 3 nitrogen and oxygen atoms in total. The van der Waals surface area contributed by atoms with E-state index in [1.165, 1.54) is 23.5 Å². The second-order valence-electron chi connectivity index (χ2n) is 5.39. The smallest absolute Gasteiger partial charge is 0.184 e. The summed E-state index contributed by atoms with van der Waals surface area (Å²) in [5.74, 6) is 0.294. The molecule has 1 heterocycles. The van der Waals surface area contributed by atoms with Crippen molar-refractivity contribution in [3.8, 4) is 0 Å². The van der Waals surface area contributed by atoms with E-state index in [9.17, 15) is 4.39 Å². The van der Waals surface area contributed by atoms with Gasteiger partial charge in [0.25, 0.3) is 0 Å². The lowest BCUT2D eigenvalue weighted by molar-refractivity contribution is 0.344. The highest BCUT2D eigenvalue weighted by Gasteiger charge is 2.16. The molecule has 1 N–H and O–H groups in total. The summed E-state index contributed by atoms with van der Waals surface area (Å²) in [7, 11) is 4.12. The third kappa shape index (κ3) is 3.64. The van der Waals surface area contributed by atoms with Crippen molar-refractivity contribution < 1.29 is 4.39 Å². The summed E-state index contributed by atoms with van der Waals surface area (Å²) in [5.41, 5.74) is 0.848. The summed E-state index contributed by atoms with van der Waals surface area (Å²) < 4.78 is 14.0. The number of fused-ring (bicyclic) bond motifs is 1. The van der Waals surface area contributed by atoms with E-state index in [2.05, 4.69) is 43.1 Å². The molecular formula is C14H20FN3S. The fourth-order valence-corrected chi connectivity index (χ4v) is 2.89. The number of benzene rings is 1. The molecule has 0 spiro atoms. The van der Waals surface area contributed by atoms with Crippen molar-refractivity contribution in [2.45, 2.75) is 19.9 Å². The van der Waals surface area contributed by atoms with Gasteiger partial charge in [0, 0.05) is 12.6 Å². The third-order valence-electron chi connectivity index (χ3n) is 3.03. The molecule has 1 aromatic carbocycles. The topological polar surface area (TPSA) is 28.2 Å². The first-order valence-corrected chi connectivity index (χ1v) is 7.24. The minimum atomic E-state index is -0.212. The Morgan fingerprint density at radius 3 is 2.74 bits per heavy atom. The van der Waals surface area contributed by atoms with Crippen LogP contribution in [0, 0.1) is 11.7 Å². The number of halogens is 1. The second kappa shape index (κ2) is 5.84. The average Bonchev–Trinajstić information content (AvgIpc) is 2.68. The zero-order valence-corrected chi connectivity index (χ0v) is 12.6. The van der Waals surface area contributed by atoms with E-state index in [0.29, 0.717) is 12.0 Å². The molecule has 0 aliphatic heterocycles. The van der Waals surface area contributed by atoms with Crippen molar-refractivity contribution in [2.24, 2.45) is 5.92 Å². The Hall–Kier alpha value is -1.20. The molecule has 5 heteroatoms. The van der Waals surface area contributed by atoms with Gasteiger partial charge < -0.3 is 10.2 Å². The van der Waals surface area contributed by atoms with Gasteiger partial charge in [0.1, 0.15) is 5.82 Å². The number of nitrogens with one attached hydrogen (secondary N) is 1. The Bertz CT molecular complexity index is 551. The van der Waals surface area contributed by atoms with Crippen LogP contribution in [0.3, 0.4) is 0 Å². The lowest BCUT2D eigenvalue weighted by Crippen LogP contribution is -2.36. The number of aromatic nitrogens is 1. The van der Waals surface area contributed by atoms with Crippen LogP contribution in [0.1, 0.15) is 13.8 Å². The zero-order valence-electron chi connectivity index (χ0n) is 11.8. The molecule has 1 atom stereocenters. The number of likely N-dealkylation sites (N-methyl/N-ethyl adjacent to an activating group) is 1. The maximum Gasteiger partial charge on any atom is 0.184 e. The van der Waals surface area contributed by atoms with Crippen molar-refractivity contribution >= 4 is 26.7 Å². The number of nitrogens with zero attached hydrogens (tertiary/aromatic N) is 2. The van der Waals surface area contributed by atoms with Crippen molar-refractivity contribution in [3.63, 3.8) is 0 Å². The van der Waals surface area contributed by atoms with Crippen molar-refractivity contribution in [1.82, 2.24) is 9.88 Å². The molecule has 0 aliphatic rings. The Balaban J connectivity index is 2.19. The van der Waals surface area contributed by atoms with Crippen LogP contribution in [0.15, 0.2) is 18.2 Å². The minimum absolute atomic E-state index is 0.212. The molecule has 0 amide bonds. The number of hydrogen-bond donors (Lipinski definition) is 1. The highest BCUT2D eigenvalue weighted by Crippen LogP contribution is 2.27. The standard InChI is InChI=1S/C14H20FN3S/c1-9(2)12(8-18(3)4)17-14-16-11-6-5-10(15)7-13(11)19-14/h5-7,9,12H,8H2,1-4H3,(H,16,17). The Kier molecular flexibility index (Phi) is 4.37. The molecule has 1 aromatic heterocycles. The Morgan fingerprint density at radius 1 is 1.37 bits per heavy atom. The maximum atomic E-state index is 13.2. The van der Waals surface area contributed by atoms with E-state index < -0.39 is 0 Å². The average molecular weight is 281 g/mol. The van der Waals surface area contributed by atoms with E-state index in [-0.39, 0.29) is 5.82 Å². The summed E-state index contributed by atoms with van der Waals surface area (Å²) in [4.78, 5) is 6.66. The van der Waals surface area contributed by atoms with Crippen molar-refractivity contribution in [2.75, 3.05) is 26.0 Å². The van der Waals surface area contributed by atoms with Gasteiger partial charge in [-0.05, 0) is 38.2 Å². The van der Waals surface area contributed by atoms with Gasteiger partial charge in [-0.25, -0.2) is 9.37 Å². The maximum absolute atomic E-state index is 13.2. The first-order valence-electron chi connectivity index (χ1n) is 6.43. The van der Waals surface area contributed by atoms with Crippen LogP contribution in [0.2, 0.25) is 0 Å². The number of hydrogen-bond acceptors (Lipinski definition) is 4. The summed E-state index contributed by atoms with van der Waals surface area (Å²) in [6, 6.07) is 5.04. The molecule has 0 radical (unpaired) electrons. The molecule has 0 saturated carbocycles. The predicted octanol–water partition coefficient (Wildman–Crippen LogP) is 3.43. The second-order valence-corrected chi connectivity index (χ2v) is 6.42. The van der Waals surface area contributed by atoms with Gasteiger partial charge in [0.15, 0.2) is 5.13 Å². The van der Waals surface area contributed by atoms with Crippen molar-refractivity contribution in [1.29, 1.82) is 0 Å². The van der Waals surface area contributed by atoms with Crippen LogP contribution in [0.4, 0.5) is 9.52 Å². The quantitative estimate of drug-likeness (QED) is 0.910. The van der Waals surface area contributed by atoms with E-state index in [4.69, 9.17) is 0 Å². The molecule has 0 aliphatic carbocycles. The molecule has 0 bridgehead atoms. The monoisotopic (exact) mass is 281 g/mol. The number of rotatable bonds is 5. The van der Waals surface area contributed by atoms with E-state index in [0.717, 1.165) is 21.9 Å². The fourth-order valence-electron chi connectivity index (χ4n) is 1.94. The molecule has 2 aromatic rings. The molecule has 0 saturated heterocycles. The van der Waals surface area contributed by atoms with Crippen LogP contribution in [-0.4, -0.2) is 36.6 Å². The fraction of sp³-hybridized carbons (Fsp3) is 0.500. The highest BCUT2D eigenvalue weighted by atomic mass is 32.1. The molecule has 19 heavy (non-hydrogen) atoms. The first-order chi connectivity index (χ1) is 8.95. The van der Waals surface area contributed by atoms with Gasteiger partial charge in [-0.1, -0.05) is 25.2 Å². The van der Waals surface area contributed by atoms with E-state index in [1.807, 2.05) is 0 Å². The molecule has 0 fully saturated rings. The first kappa shape index (κ1) is 14.2. The van der Waals surface area contributed by atoms with Gasteiger partial charge in [-0.3, -0.25) is 0 Å². The Morgan fingerprint density at radius 2 is 2.11 bits per heavy atom. The number of thiazole rings is 1. The molecule has 1 unspecified atom stereocenters. The normalized spacial score (nSPS) is 13.4. The highest BCUT2D eigenvalue weighted by molar-refractivity contribution is 7.22. The van der Waals surface area contributed by atoms with Crippen molar-refractivity contribution in [3.05, 3.63) is 24.0 Å². The van der Waals surface area contributed by atoms with Gasteiger partial charge in [0.2, 0.25) is 0 Å². The zero-order chi connectivity index (χ0) is 14.0. The Labute approximate surface area is 117 Å². The van der Waals surface area contributed by atoms with Crippen LogP contribution in [0.5, 0.6) is 0 Å². The van der Waals surface area contributed by atoms with E-state index >= 15 is 0 Å². The minimum Gasteiger partial charge on any atom is -0.357 e. The van der Waals surface area contributed by atoms with Gasteiger partial charge in [-0.2, -0.15) is 0 Å². The summed E-state index contributed by atoms with van der Waals surface area (Å²) in [5, 5.41) is 4.32. The summed E-state index contributed by atoms with van der Waals surface area (Å²) in [6.07, 6.45) is 0.